The van der Waals surface area contributed by atoms with Gasteiger partial charge in [0, 0.05) is 12.5 Å². The van der Waals surface area contributed by atoms with Gasteiger partial charge in [-0.3, -0.25) is 33.6 Å². The summed E-state index contributed by atoms with van der Waals surface area (Å²) in [6.45, 7) is 8.39. The molecule has 1 saturated heterocycles. The van der Waals surface area contributed by atoms with Gasteiger partial charge in [0.1, 0.15) is 31.3 Å². The Labute approximate surface area is 441 Å². The number of aliphatic carboxylic acids is 1. The van der Waals surface area contributed by atoms with E-state index in [1.54, 1.807) is 0 Å². The molecule has 7 N–H and O–H groups in total. The first kappa shape index (κ1) is 60.2. The zero-order valence-electron chi connectivity index (χ0n) is 43.9. The highest BCUT2D eigenvalue weighted by atomic mass is 16.5. The molecule has 1 heterocycles. The molecule has 4 aromatic carbocycles. The predicted molar refractivity (Wildman–Crippen MR) is 284 cm³/mol. The molecule has 5 atom stereocenters. The largest absolute Gasteiger partial charge is 0.480 e. The predicted octanol–water partition coefficient (Wildman–Crippen LogP) is 7.24. The molecule has 0 spiro atoms. The number of nitrogens with zero attached hydrogens (tertiary/aromatic N) is 1. The van der Waals surface area contributed by atoms with Crippen molar-refractivity contribution in [2.24, 2.45) is 41.1 Å². The maximum absolute atomic E-state index is 13.5. The Bertz CT molecular complexity index is 2420. The fourth-order valence-corrected chi connectivity index (χ4v) is 9.01. The van der Waals surface area contributed by atoms with E-state index in [1.165, 1.54) is 17.7 Å². The molecule has 0 radical (unpaired) electrons. The summed E-state index contributed by atoms with van der Waals surface area (Å²) in [6.07, 6.45) is 6.75. The number of carboxylic acids is 1. The number of hydrogen-bond acceptors (Lipinski definition) is 10. The molecule has 2 aliphatic rings. The minimum absolute atomic E-state index is 0.106. The number of primary amides is 2. The molecule has 1 aliphatic heterocycles. The smallest absolute Gasteiger partial charge is 0.326 e. The maximum Gasteiger partial charge on any atom is 0.326 e. The lowest BCUT2D eigenvalue weighted by atomic mass is 9.94. The molecule has 0 unspecified atom stereocenters. The second kappa shape index (κ2) is 32.1. The van der Waals surface area contributed by atoms with Gasteiger partial charge in [-0.25, -0.2) is 4.79 Å². The Kier molecular flexibility index (Phi) is 25.7. The third-order valence-corrected chi connectivity index (χ3v) is 13.0. The van der Waals surface area contributed by atoms with Crippen molar-refractivity contribution in [1.82, 2.24) is 15.5 Å². The van der Waals surface area contributed by atoms with Crippen LogP contribution in [0.2, 0.25) is 0 Å². The number of amides is 5. The van der Waals surface area contributed by atoms with Crippen LogP contribution >= 0.6 is 0 Å². The quantitative estimate of drug-likeness (QED) is 0.0437. The lowest BCUT2D eigenvalue weighted by Gasteiger charge is -2.29. The number of esters is 2. The van der Waals surface area contributed by atoms with E-state index in [1.807, 2.05) is 149 Å². The highest BCUT2D eigenvalue weighted by Gasteiger charge is 2.38. The van der Waals surface area contributed by atoms with Crippen LogP contribution in [0.25, 0.3) is 0 Å². The van der Waals surface area contributed by atoms with Crippen molar-refractivity contribution in [3.8, 4) is 0 Å². The molecule has 0 bridgehead atoms. The van der Waals surface area contributed by atoms with E-state index in [0.29, 0.717) is 45.1 Å². The average molecular weight is 1030 g/mol. The number of carbonyl (C=O) groups excluding carboxylic acids is 7. The van der Waals surface area contributed by atoms with Gasteiger partial charge in [-0.2, -0.15) is 0 Å². The molecule has 4 aromatic rings. The zero-order chi connectivity index (χ0) is 54.7. The third-order valence-electron chi connectivity index (χ3n) is 13.0. The monoisotopic (exact) mass is 1030 g/mol. The van der Waals surface area contributed by atoms with Crippen LogP contribution in [0.3, 0.4) is 0 Å². The minimum Gasteiger partial charge on any atom is -0.480 e. The van der Waals surface area contributed by atoms with E-state index in [-0.39, 0.29) is 55.6 Å². The van der Waals surface area contributed by atoms with E-state index in [0.717, 1.165) is 35.1 Å². The van der Waals surface area contributed by atoms with Crippen LogP contribution in [-0.4, -0.2) is 82.1 Å². The van der Waals surface area contributed by atoms with Gasteiger partial charge >= 0.3 is 17.9 Å². The Balaban J connectivity index is 0.000000286. The lowest BCUT2D eigenvalue weighted by Crippen LogP contribution is -2.54. The van der Waals surface area contributed by atoms with E-state index >= 15 is 0 Å². The normalized spacial score (nSPS) is 15.7. The van der Waals surface area contributed by atoms with E-state index in [9.17, 15) is 43.5 Å². The molecular weight excluding hydrogens is 955 g/mol. The molecule has 1 saturated carbocycles. The SMILES string of the molecule is CC(C)C[C@H](NC(=O)[C@@H](CC(=O)OCc1ccccc1)Cc1ccccc1)C(=O)N1CCC[C@H]1C(N)=O.CC(C)C[C@H](NC(=O)[C@@H](CC(=O)OCc1ccccc1)Cc1ccccc1)C(=O)O.NC(=O)C1CCCC1. The average Bonchev–Trinajstić information content (AvgIpc) is 4.13. The van der Waals surface area contributed by atoms with Gasteiger partial charge in [0.15, 0.2) is 0 Å². The summed E-state index contributed by atoms with van der Waals surface area (Å²) in [6, 6.07) is 34.9. The van der Waals surface area contributed by atoms with Crippen molar-refractivity contribution in [3.63, 3.8) is 0 Å². The first-order chi connectivity index (χ1) is 35.9. The van der Waals surface area contributed by atoms with E-state index in [4.69, 9.17) is 20.9 Å². The number of carbonyl (C=O) groups is 8. The van der Waals surface area contributed by atoms with Crippen molar-refractivity contribution in [3.05, 3.63) is 144 Å². The van der Waals surface area contributed by atoms with Gasteiger partial charge in [0.05, 0.1) is 24.7 Å². The topological polar surface area (TPSA) is 255 Å². The standard InChI is InChI=1S/C29H37N3O5.C24H29NO5.C6H11NO/c1-20(2)16-24(29(36)32-15-9-14-25(32)27(30)34)31-28(35)23(17-21-10-5-3-6-11-21)18-26(33)37-19-22-12-7-4-8-13-22;1-17(2)13-21(24(28)29)25-23(27)20(14-18-9-5-3-6-10-18)15-22(26)30-16-19-11-7-4-8-12-19;7-6(8)5-3-1-2-4-5/h3-8,10-13,20,23-25H,9,14-19H2,1-2H3,(H2,30,34)(H,31,35);3-12,17,20-21H,13-16H2,1-2H3,(H,25,27)(H,28,29);5H,1-4H2,(H2,7,8)/t23-,24+,25+;20-,21+;/m11./s1. The van der Waals surface area contributed by atoms with Crippen molar-refractivity contribution in [2.75, 3.05) is 6.54 Å². The molecule has 5 amide bonds. The van der Waals surface area contributed by atoms with Gasteiger partial charge in [-0.05, 0) is 85.5 Å². The Hall–Kier alpha value is -7.36. The molecule has 16 nitrogen and oxygen atoms in total. The summed E-state index contributed by atoms with van der Waals surface area (Å²) in [7, 11) is 0. The fourth-order valence-electron chi connectivity index (χ4n) is 9.01. The third kappa shape index (κ3) is 22.3. The molecule has 16 heteroatoms. The number of hydrogen-bond donors (Lipinski definition) is 5. The number of likely N-dealkylation sites (tertiary alicyclic amines) is 1. The number of ether oxygens (including phenoxy) is 2. The molecule has 2 fully saturated rings. The Morgan fingerprint density at radius 3 is 1.29 bits per heavy atom. The van der Waals surface area contributed by atoms with Gasteiger partial charge in [-0.1, -0.05) is 162 Å². The molecule has 404 valence electrons. The zero-order valence-corrected chi connectivity index (χ0v) is 43.9. The highest BCUT2D eigenvalue weighted by molar-refractivity contribution is 5.93. The first-order valence-electron chi connectivity index (χ1n) is 26.1. The Morgan fingerprint density at radius 2 is 0.933 bits per heavy atom. The van der Waals surface area contributed by atoms with Gasteiger partial charge in [0.2, 0.25) is 29.5 Å². The number of nitrogens with two attached hydrogens (primary N) is 2. The molecular formula is C59H77N5O11. The molecule has 0 aromatic heterocycles. The summed E-state index contributed by atoms with van der Waals surface area (Å²) in [4.78, 5) is 100. The first-order valence-corrected chi connectivity index (χ1v) is 26.1. The van der Waals surface area contributed by atoms with Crippen LogP contribution in [0.15, 0.2) is 121 Å². The van der Waals surface area contributed by atoms with Crippen molar-refractivity contribution in [2.45, 2.75) is 136 Å². The molecule has 6 rings (SSSR count). The van der Waals surface area contributed by atoms with Crippen LogP contribution in [0, 0.1) is 29.6 Å². The van der Waals surface area contributed by atoms with Crippen LogP contribution in [-0.2, 0) is 73.9 Å². The second-order valence-corrected chi connectivity index (χ2v) is 20.2. The van der Waals surface area contributed by atoms with E-state index in [2.05, 4.69) is 10.6 Å². The molecule has 75 heavy (non-hydrogen) atoms. The van der Waals surface area contributed by atoms with Crippen LogP contribution in [0.1, 0.15) is 114 Å². The van der Waals surface area contributed by atoms with Crippen LogP contribution in [0.5, 0.6) is 0 Å². The molecule has 1 aliphatic carbocycles. The summed E-state index contributed by atoms with van der Waals surface area (Å²) >= 11 is 0. The highest BCUT2D eigenvalue weighted by Crippen LogP contribution is 2.24. The summed E-state index contributed by atoms with van der Waals surface area (Å²) in [5.41, 5.74) is 14.1. The van der Waals surface area contributed by atoms with Gasteiger partial charge in [0.25, 0.3) is 0 Å². The maximum atomic E-state index is 13.5. The second-order valence-electron chi connectivity index (χ2n) is 20.2. The van der Waals surface area contributed by atoms with Crippen LogP contribution < -0.4 is 22.1 Å². The van der Waals surface area contributed by atoms with Gasteiger partial charge < -0.3 is 41.6 Å². The Morgan fingerprint density at radius 1 is 0.547 bits per heavy atom. The van der Waals surface area contributed by atoms with Crippen molar-refractivity contribution in [1.29, 1.82) is 0 Å². The van der Waals surface area contributed by atoms with Gasteiger partial charge in [-0.15, -0.1) is 0 Å². The fraction of sp³-hybridized carbons (Fsp3) is 0.458. The number of carboxylic acid groups (broad SMARTS) is 1. The lowest BCUT2D eigenvalue weighted by molar-refractivity contribution is -0.149. The number of nitrogens with one attached hydrogen (secondary N) is 2. The number of rotatable bonds is 24. The number of benzene rings is 4. The minimum atomic E-state index is -1.08. The summed E-state index contributed by atoms with van der Waals surface area (Å²) < 4.78 is 10.8. The van der Waals surface area contributed by atoms with Crippen molar-refractivity contribution < 1.29 is 52.9 Å². The van der Waals surface area contributed by atoms with Crippen molar-refractivity contribution >= 4 is 47.4 Å². The van der Waals surface area contributed by atoms with E-state index < -0.39 is 65.6 Å². The van der Waals surface area contributed by atoms with Crippen LogP contribution in [0.4, 0.5) is 0 Å². The summed E-state index contributed by atoms with van der Waals surface area (Å²) in [5, 5.41) is 14.9. The summed E-state index contributed by atoms with van der Waals surface area (Å²) in [5.74, 6) is -4.88.